The van der Waals surface area contributed by atoms with Crippen LogP contribution in [0.2, 0.25) is 0 Å². The number of hydrogen-bond donors (Lipinski definition) is 3. The van der Waals surface area contributed by atoms with Gasteiger partial charge in [-0.1, -0.05) is 23.8 Å². The predicted octanol–water partition coefficient (Wildman–Crippen LogP) is 3.95. The summed E-state index contributed by atoms with van der Waals surface area (Å²) in [6.45, 7) is 12.0. The number of ether oxygens (including phenoxy) is 2. The van der Waals surface area contributed by atoms with Gasteiger partial charge in [0.25, 0.3) is 5.91 Å². The number of carbonyl (C=O) groups is 5. The van der Waals surface area contributed by atoms with E-state index in [1.807, 2.05) is 22.9 Å². The quantitative estimate of drug-likeness (QED) is 0.178. The Morgan fingerprint density at radius 1 is 1.06 bits per heavy atom. The fourth-order valence-electron chi connectivity index (χ4n) is 6.19. The van der Waals surface area contributed by atoms with Crippen molar-refractivity contribution in [2.75, 3.05) is 6.54 Å². The molecule has 14 nitrogen and oxygen atoms in total. The Bertz CT molecular complexity index is 1910. The summed E-state index contributed by atoms with van der Waals surface area (Å²) in [5, 5.41) is 6.13. The van der Waals surface area contributed by atoms with Gasteiger partial charge in [-0.2, -0.15) is 0 Å². The number of rotatable bonds is 15. The first-order valence-corrected chi connectivity index (χ1v) is 19.5. The summed E-state index contributed by atoms with van der Waals surface area (Å²) < 4.78 is 38.8. The molecule has 1 saturated heterocycles. The summed E-state index contributed by atoms with van der Waals surface area (Å²) in [5.74, 6) is -1.88. The first-order valence-electron chi connectivity index (χ1n) is 18.0. The van der Waals surface area contributed by atoms with E-state index in [9.17, 15) is 32.4 Å². The normalized spacial score (nSPS) is 19.8. The molecule has 0 unspecified atom stereocenters. The van der Waals surface area contributed by atoms with Crippen molar-refractivity contribution >= 4 is 50.4 Å². The second-order valence-electron chi connectivity index (χ2n) is 15.2. The third kappa shape index (κ3) is 10.6. The molecule has 4 atom stereocenters. The van der Waals surface area contributed by atoms with E-state index in [4.69, 9.17) is 9.47 Å². The highest BCUT2D eigenvalue weighted by Crippen LogP contribution is 2.42. The molecule has 286 valence electrons. The van der Waals surface area contributed by atoms with Gasteiger partial charge >= 0.3 is 6.09 Å². The van der Waals surface area contributed by atoms with Crippen molar-refractivity contribution in [1.82, 2.24) is 25.2 Å². The van der Waals surface area contributed by atoms with Crippen molar-refractivity contribution in [3.63, 3.8) is 0 Å². The number of alkyl carbamates (subject to hydrolysis) is 1. The fourth-order valence-corrected chi connectivity index (χ4v) is 7.52. The summed E-state index contributed by atoms with van der Waals surface area (Å²) in [6, 6.07) is 4.07. The molecule has 0 bridgehead atoms. The van der Waals surface area contributed by atoms with Crippen LogP contribution in [0.3, 0.4) is 0 Å². The van der Waals surface area contributed by atoms with Crippen molar-refractivity contribution in [2.45, 2.75) is 121 Å². The van der Waals surface area contributed by atoms with E-state index in [2.05, 4.69) is 28.3 Å². The van der Waals surface area contributed by atoms with Crippen LogP contribution in [0.25, 0.3) is 10.8 Å². The topological polar surface area (TPSA) is 190 Å². The molecular weight excluding hydrogens is 703 g/mol. The summed E-state index contributed by atoms with van der Waals surface area (Å²) >= 11 is 0. The Morgan fingerprint density at radius 2 is 1.77 bits per heavy atom. The summed E-state index contributed by atoms with van der Waals surface area (Å²) in [7, 11) is -3.92. The van der Waals surface area contributed by atoms with Crippen LogP contribution in [0.4, 0.5) is 4.79 Å². The van der Waals surface area contributed by atoms with E-state index in [0.29, 0.717) is 24.6 Å². The average molecular weight is 752 g/mol. The highest BCUT2D eigenvalue weighted by Gasteiger charge is 2.45. The Kier molecular flexibility index (Phi) is 11.9. The lowest BCUT2D eigenvalue weighted by atomic mass is 10.1. The number of aromatic nitrogens is 1. The molecule has 53 heavy (non-hydrogen) atoms. The number of nitrogens with one attached hydrogen (secondary N) is 3. The first-order chi connectivity index (χ1) is 24.9. The molecule has 15 heteroatoms. The number of carbonyl (C=O) groups excluding carboxylic acids is 5. The van der Waals surface area contributed by atoms with Crippen LogP contribution in [0.5, 0.6) is 5.88 Å². The molecule has 5 rings (SSSR count). The smallest absolute Gasteiger partial charge is 0.408 e. The molecule has 3 fully saturated rings. The van der Waals surface area contributed by atoms with Crippen LogP contribution >= 0.6 is 0 Å². The number of sulfonamides is 1. The lowest BCUT2D eigenvalue weighted by molar-refractivity contribution is -0.140. The van der Waals surface area contributed by atoms with Crippen LogP contribution < -0.4 is 20.1 Å². The van der Waals surface area contributed by atoms with Gasteiger partial charge in [0.15, 0.2) is 5.78 Å². The van der Waals surface area contributed by atoms with Gasteiger partial charge in [0, 0.05) is 24.4 Å². The van der Waals surface area contributed by atoms with Gasteiger partial charge in [-0.05, 0) is 102 Å². The van der Waals surface area contributed by atoms with Crippen molar-refractivity contribution in [3.8, 4) is 5.88 Å². The fraction of sp³-hybridized carbons (Fsp3) is 0.526. The Balaban J connectivity index is 1.42. The van der Waals surface area contributed by atoms with E-state index in [1.54, 1.807) is 40.8 Å². The predicted molar refractivity (Wildman–Crippen MR) is 197 cm³/mol. The SMILES string of the molecule is C=C[C@@H](NC(=O)[C@@H]1C[C@@H](Oc2nccc3ccc(C4CC4)cc23)CN1C(=O)[C@H](CCC(=O)C=C(C)C)NC(=O)OC(C)(C)C)C(=O)NS(=O)(=O)C1CC1. The van der Waals surface area contributed by atoms with Crippen molar-refractivity contribution in [3.05, 3.63) is 60.3 Å². The molecule has 2 heterocycles. The molecule has 0 spiro atoms. The van der Waals surface area contributed by atoms with Crippen LogP contribution in [-0.2, 0) is 33.9 Å². The second kappa shape index (κ2) is 16.1. The van der Waals surface area contributed by atoms with Gasteiger partial charge in [-0.15, -0.1) is 6.58 Å². The molecule has 2 aromatic rings. The number of benzene rings is 1. The highest BCUT2D eigenvalue weighted by atomic mass is 32.2. The van der Waals surface area contributed by atoms with Crippen molar-refractivity contribution in [1.29, 1.82) is 0 Å². The minimum Gasteiger partial charge on any atom is -0.472 e. The number of pyridine rings is 1. The number of fused-ring (bicyclic) bond motifs is 1. The summed E-state index contributed by atoms with van der Waals surface area (Å²) in [4.78, 5) is 72.7. The largest absolute Gasteiger partial charge is 0.472 e. The highest BCUT2D eigenvalue weighted by molar-refractivity contribution is 7.90. The lowest BCUT2D eigenvalue weighted by Crippen LogP contribution is -2.56. The van der Waals surface area contributed by atoms with E-state index in [-0.39, 0.29) is 31.6 Å². The minimum absolute atomic E-state index is 0.0281. The minimum atomic E-state index is -3.92. The van der Waals surface area contributed by atoms with Gasteiger partial charge in [-0.25, -0.2) is 18.2 Å². The van der Waals surface area contributed by atoms with Crippen LogP contribution in [-0.4, -0.2) is 89.5 Å². The average Bonchev–Trinajstić information content (AvgIpc) is 4.00. The van der Waals surface area contributed by atoms with Gasteiger partial charge in [0.2, 0.25) is 27.7 Å². The zero-order chi connectivity index (χ0) is 38.7. The van der Waals surface area contributed by atoms with Gasteiger partial charge in [-0.3, -0.25) is 23.9 Å². The molecule has 3 aliphatic rings. The Hall–Kier alpha value is -4.79. The second-order valence-corrected chi connectivity index (χ2v) is 17.2. The third-order valence-corrected chi connectivity index (χ3v) is 10.9. The maximum Gasteiger partial charge on any atom is 0.408 e. The lowest BCUT2D eigenvalue weighted by Gasteiger charge is -2.29. The van der Waals surface area contributed by atoms with Gasteiger partial charge in [0.05, 0.1) is 11.8 Å². The number of nitrogens with zero attached hydrogens (tertiary/aromatic N) is 2. The van der Waals surface area contributed by atoms with Crippen molar-refractivity contribution < 1.29 is 41.9 Å². The molecule has 2 saturated carbocycles. The Morgan fingerprint density at radius 3 is 2.40 bits per heavy atom. The van der Waals surface area contributed by atoms with E-state index in [0.717, 1.165) is 35.3 Å². The molecule has 1 aromatic carbocycles. The molecule has 2 aliphatic carbocycles. The zero-order valence-corrected chi connectivity index (χ0v) is 31.7. The van der Waals surface area contributed by atoms with E-state index < -0.39 is 68.9 Å². The maximum absolute atomic E-state index is 14.4. The molecule has 0 radical (unpaired) electrons. The van der Waals surface area contributed by atoms with Crippen LogP contribution in [0.1, 0.15) is 91.0 Å². The van der Waals surface area contributed by atoms with Crippen LogP contribution in [0, 0.1) is 0 Å². The van der Waals surface area contributed by atoms with Gasteiger partial charge < -0.3 is 25.0 Å². The van der Waals surface area contributed by atoms with Crippen LogP contribution in [0.15, 0.2) is 54.8 Å². The Labute approximate surface area is 310 Å². The number of likely N-dealkylation sites (tertiary alicyclic amines) is 1. The first kappa shape index (κ1) is 39.4. The summed E-state index contributed by atoms with van der Waals surface area (Å²) in [5.41, 5.74) is 1.06. The monoisotopic (exact) mass is 751 g/mol. The van der Waals surface area contributed by atoms with Gasteiger partial charge in [0.1, 0.15) is 29.8 Å². The molecular formula is C38H49N5O9S. The molecule has 3 N–H and O–H groups in total. The van der Waals surface area contributed by atoms with Crippen molar-refractivity contribution in [2.24, 2.45) is 0 Å². The van der Waals surface area contributed by atoms with E-state index in [1.165, 1.54) is 16.5 Å². The number of allylic oxidation sites excluding steroid dienone is 2. The molecule has 1 aromatic heterocycles. The van der Waals surface area contributed by atoms with E-state index >= 15 is 0 Å². The number of amides is 4. The zero-order valence-electron chi connectivity index (χ0n) is 30.8. The number of ketones is 1. The molecule has 4 amide bonds. The molecule has 1 aliphatic heterocycles. The third-order valence-electron chi connectivity index (χ3n) is 9.07. The number of hydrogen-bond acceptors (Lipinski definition) is 10. The maximum atomic E-state index is 14.4. The standard InChI is InChI=1S/C38H49N5O9S/c1-7-30(33(45)42-53(49,50)28-13-14-28)40-34(46)32-20-27(51-35-29-19-25(23-8-9-23)11-10-24(29)16-17-39-35)21-43(32)36(47)31(15-12-26(44)18-22(2)3)41-37(48)52-38(4,5)6/h7,10-11,16-19,23,27-28,30-32H,1,8-9,12-15,20-21H2,2-6H3,(H,40,46)(H,41,48)(H,42,45)/t27-,30-,31+,32+/m1/s1. The summed E-state index contributed by atoms with van der Waals surface area (Å²) in [6.07, 6.45) is 5.39.